The normalized spacial score (nSPS) is 25.6. The second-order valence-corrected chi connectivity index (χ2v) is 13.2. The largest absolute Gasteiger partial charge is 0.492 e. The van der Waals surface area contributed by atoms with E-state index in [0.29, 0.717) is 18.1 Å². The Hall–Kier alpha value is -2.24. The molecule has 0 fully saturated rings. The second-order valence-electron chi connectivity index (χ2n) is 13.2. The molecule has 3 aliphatic rings. The predicted octanol–water partition coefficient (Wildman–Crippen LogP) is 6.12. The summed E-state index contributed by atoms with van der Waals surface area (Å²) in [6, 6.07) is 6.88. The Morgan fingerprint density at radius 2 is 1.83 bits per heavy atom. The Labute approximate surface area is 217 Å². The van der Waals surface area contributed by atoms with Gasteiger partial charge in [-0.05, 0) is 64.0 Å². The van der Waals surface area contributed by atoms with E-state index in [1.54, 1.807) is 7.11 Å². The summed E-state index contributed by atoms with van der Waals surface area (Å²) in [5.74, 6) is 2.83. The van der Waals surface area contributed by atoms with E-state index in [9.17, 15) is 5.11 Å². The minimum atomic E-state index is -0.572. The molecule has 3 atom stereocenters. The third-order valence-corrected chi connectivity index (χ3v) is 9.77. The summed E-state index contributed by atoms with van der Waals surface area (Å²) >= 11 is 0. The molecule has 2 aliphatic heterocycles. The number of ether oxygens (including phenoxy) is 3. The molecule has 1 N–H and O–H groups in total. The van der Waals surface area contributed by atoms with Gasteiger partial charge in [-0.3, -0.25) is 0 Å². The quantitative estimate of drug-likeness (QED) is 0.520. The van der Waals surface area contributed by atoms with Crippen LogP contribution in [0.3, 0.4) is 0 Å². The summed E-state index contributed by atoms with van der Waals surface area (Å²) < 4.78 is 18.2. The Balaban J connectivity index is 1.57. The Morgan fingerprint density at radius 1 is 1.11 bits per heavy atom. The molecule has 0 saturated heterocycles. The number of rotatable bonds is 4. The minimum Gasteiger partial charge on any atom is -0.492 e. The molecule has 0 radical (unpaired) electrons. The van der Waals surface area contributed by atoms with Crippen molar-refractivity contribution in [3.05, 3.63) is 51.6 Å². The molecule has 2 heterocycles. The van der Waals surface area contributed by atoms with Crippen molar-refractivity contribution in [1.82, 2.24) is 0 Å². The summed E-state index contributed by atoms with van der Waals surface area (Å²) in [6.45, 7) is 15.2. The van der Waals surface area contributed by atoms with E-state index in [1.165, 1.54) is 22.3 Å². The summed E-state index contributed by atoms with van der Waals surface area (Å²) in [5, 5.41) is 11.8. The predicted molar refractivity (Wildman–Crippen MR) is 143 cm³/mol. The van der Waals surface area contributed by atoms with Crippen molar-refractivity contribution in [3.63, 3.8) is 0 Å². The summed E-state index contributed by atoms with van der Waals surface area (Å²) in [6.07, 6.45) is 2.14. The van der Waals surface area contributed by atoms with Crippen LogP contribution in [0, 0.1) is 12.8 Å². The average Bonchev–Trinajstić information content (AvgIpc) is 3.26. The highest BCUT2D eigenvalue weighted by molar-refractivity contribution is 5.61. The van der Waals surface area contributed by atoms with E-state index in [-0.39, 0.29) is 23.7 Å². The van der Waals surface area contributed by atoms with Gasteiger partial charge < -0.3 is 23.8 Å². The van der Waals surface area contributed by atoms with Gasteiger partial charge in [0.15, 0.2) is 11.5 Å². The molecule has 1 aliphatic carbocycles. The van der Waals surface area contributed by atoms with Crippen LogP contribution in [0.2, 0.25) is 0 Å². The molecule has 5 nitrogen and oxygen atoms in total. The van der Waals surface area contributed by atoms with Gasteiger partial charge in [0.25, 0.3) is 0 Å². The number of aliphatic hydroxyl groups is 1. The van der Waals surface area contributed by atoms with E-state index >= 15 is 0 Å². The fourth-order valence-corrected chi connectivity index (χ4v) is 7.08. The van der Waals surface area contributed by atoms with Crippen molar-refractivity contribution < 1.29 is 23.8 Å². The van der Waals surface area contributed by atoms with Crippen LogP contribution in [0.4, 0.5) is 0 Å². The molecule has 0 spiro atoms. The highest BCUT2D eigenvalue weighted by Crippen LogP contribution is 2.53. The topological polar surface area (TPSA) is 47.9 Å². The van der Waals surface area contributed by atoms with Crippen LogP contribution >= 0.6 is 0 Å². The van der Waals surface area contributed by atoms with Crippen molar-refractivity contribution in [2.75, 3.05) is 34.5 Å². The molecule has 5 rings (SSSR count). The SMILES string of the molecule is COc1c2c(cc3c1[C@H](C[C@@H](O)c1cc4c(cc1C)C(C)(C)[C@H](C)CC4(C)C)[N+](C)(C)CC3)OCO2. The van der Waals surface area contributed by atoms with E-state index in [2.05, 4.69) is 73.8 Å². The molecule has 36 heavy (non-hydrogen) atoms. The molecule has 0 unspecified atom stereocenters. The number of likely N-dealkylation sites (N-methyl/N-ethyl adjacent to an activating group) is 1. The third-order valence-electron chi connectivity index (χ3n) is 9.77. The molecule has 0 bridgehead atoms. The van der Waals surface area contributed by atoms with Gasteiger partial charge in [0.1, 0.15) is 6.04 Å². The van der Waals surface area contributed by atoms with Crippen molar-refractivity contribution in [3.8, 4) is 17.2 Å². The molecule has 5 heteroatoms. The average molecular weight is 495 g/mol. The van der Waals surface area contributed by atoms with Gasteiger partial charge in [0.05, 0.1) is 39.4 Å². The van der Waals surface area contributed by atoms with Crippen molar-refractivity contribution in [2.24, 2.45) is 5.92 Å². The Kier molecular flexibility index (Phi) is 5.92. The van der Waals surface area contributed by atoms with Gasteiger partial charge in [-0.2, -0.15) is 0 Å². The van der Waals surface area contributed by atoms with E-state index in [1.807, 2.05) is 0 Å². The zero-order valence-electron chi connectivity index (χ0n) is 23.6. The van der Waals surface area contributed by atoms with Gasteiger partial charge in [-0.25, -0.2) is 0 Å². The zero-order valence-corrected chi connectivity index (χ0v) is 23.6. The van der Waals surface area contributed by atoms with Gasteiger partial charge in [0, 0.05) is 12.8 Å². The van der Waals surface area contributed by atoms with Crippen LogP contribution in [-0.4, -0.2) is 44.1 Å². The number of aliphatic hydroxyl groups excluding tert-OH is 1. The Morgan fingerprint density at radius 3 is 2.53 bits per heavy atom. The number of fused-ring (bicyclic) bond motifs is 3. The molecule has 0 saturated carbocycles. The van der Waals surface area contributed by atoms with Crippen LogP contribution in [0.25, 0.3) is 0 Å². The van der Waals surface area contributed by atoms with Crippen LogP contribution in [0.5, 0.6) is 17.2 Å². The number of methoxy groups -OCH3 is 1. The third kappa shape index (κ3) is 3.81. The lowest BCUT2D eigenvalue weighted by Gasteiger charge is -2.47. The first-order valence-corrected chi connectivity index (χ1v) is 13.4. The first-order valence-electron chi connectivity index (χ1n) is 13.4. The standard InChI is InChI=1S/C31H44NO4/c1-18-12-23-22(30(3,4)16-19(2)31(23,5)6)14-21(18)25(33)15-24-27-20(10-11-32(24,7)8)13-26-28(29(27)34-9)36-17-35-26/h12-14,19,24-25,33H,10-11,15-17H2,1-9H3/q+1/t19-,24+,25-/m1/s1. The van der Waals surface area contributed by atoms with Gasteiger partial charge in [-0.1, -0.05) is 46.8 Å². The number of aryl methyl sites for hydroxylation is 1. The van der Waals surface area contributed by atoms with E-state index < -0.39 is 6.10 Å². The number of quaternary nitrogens is 1. The fraction of sp³-hybridized carbons (Fsp3) is 0.613. The fourth-order valence-electron chi connectivity index (χ4n) is 7.08. The smallest absolute Gasteiger partial charge is 0.231 e. The van der Waals surface area contributed by atoms with E-state index in [0.717, 1.165) is 46.5 Å². The van der Waals surface area contributed by atoms with E-state index in [4.69, 9.17) is 14.2 Å². The van der Waals surface area contributed by atoms with Crippen LogP contribution in [0.1, 0.15) is 93.0 Å². The first kappa shape index (κ1) is 25.4. The molecular formula is C31H44NO4+. The zero-order chi connectivity index (χ0) is 26.2. The lowest BCUT2D eigenvalue weighted by atomic mass is 9.58. The molecule has 196 valence electrons. The maximum Gasteiger partial charge on any atom is 0.231 e. The summed E-state index contributed by atoms with van der Waals surface area (Å²) in [4.78, 5) is 0. The number of nitrogens with zero attached hydrogens (tertiary/aromatic N) is 1. The van der Waals surface area contributed by atoms with Crippen molar-refractivity contribution in [2.45, 2.75) is 83.8 Å². The summed E-state index contributed by atoms with van der Waals surface area (Å²) in [7, 11) is 6.23. The molecule has 0 amide bonds. The van der Waals surface area contributed by atoms with Crippen molar-refractivity contribution in [1.29, 1.82) is 0 Å². The monoisotopic (exact) mass is 494 g/mol. The first-order chi connectivity index (χ1) is 16.8. The molecule has 2 aromatic rings. The number of hydrogen-bond acceptors (Lipinski definition) is 4. The molecular weight excluding hydrogens is 450 g/mol. The van der Waals surface area contributed by atoms with Gasteiger partial charge in [0.2, 0.25) is 12.5 Å². The molecule has 2 aromatic carbocycles. The number of benzene rings is 2. The minimum absolute atomic E-state index is 0.0769. The van der Waals surface area contributed by atoms with Crippen molar-refractivity contribution >= 4 is 0 Å². The Bertz CT molecular complexity index is 1200. The summed E-state index contributed by atoms with van der Waals surface area (Å²) in [5.41, 5.74) is 7.67. The second kappa shape index (κ2) is 8.39. The van der Waals surface area contributed by atoms with Gasteiger partial charge in [-0.15, -0.1) is 0 Å². The molecule has 0 aromatic heterocycles. The van der Waals surface area contributed by atoms with Crippen LogP contribution in [0.15, 0.2) is 18.2 Å². The number of hydrogen-bond donors (Lipinski definition) is 1. The maximum atomic E-state index is 11.8. The van der Waals surface area contributed by atoms with Gasteiger partial charge >= 0.3 is 0 Å². The van der Waals surface area contributed by atoms with Crippen LogP contribution < -0.4 is 14.2 Å². The lowest BCUT2D eigenvalue weighted by Crippen LogP contribution is -2.48. The highest BCUT2D eigenvalue weighted by atomic mass is 16.7. The highest BCUT2D eigenvalue weighted by Gasteiger charge is 2.44. The van der Waals surface area contributed by atoms with Crippen LogP contribution in [-0.2, 0) is 17.3 Å². The lowest BCUT2D eigenvalue weighted by molar-refractivity contribution is -0.924. The maximum absolute atomic E-state index is 11.8.